The van der Waals surface area contributed by atoms with Gasteiger partial charge in [0.25, 0.3) is 0 Å². The van der Waals surface area contributed by atoms with Gasteiger partial charge in [0.05, 0.1) is 17.5 Å². The summed E-state index contributed by atoms with van der Waals surface area (Å²) in [5.74, 6) is -1.13. The fourth-order valence-corrected chi connectivity index (χ4v) is 7.16. The summed E-state index contributed by atoms with van der Waals surface area (Å²) < 4.78 is 47.0. The number of hydrogen-bond acceptors (Lipinski definition) is 6. The van der Waals surface area contributed by atoms with Crippen LogP contribution in [0, 0.1) is 5.82 Å². The Bertz CT molecular complexity index is 1370. The second-order valence-corrected chi connectivity index (χ2v) is 12.0. The highest BCUT2D eigenvalue weighted by Gasteiger charge is 2.46. The average Bonchev–Trinajstić information content (AvgIpc) is 3.33. The normalized spacial score (nSPS) is 25.5. The van der Waals surface area contributed by atoms with Gasteiger partial charge in [0.15, 0.2) is 0 Å². The molecule has 2 saturated heterocycles. The summed E-state index contributed by atoms with van der Waals surface area (Å²) in [5, 5.41) is 5.67. The Labute approximate surface area is 226 Å². The molecule has 39 heavy (non-hydrogen) atoms. The third kappa shape index (κ3) is 5.48. The summed E-state index contributed by atoms with van der Waals surface area (Å²) >= 11 is 0. The highest BCUT2D eigenvalue weighted by molar-refractivity contribution is 7.89. The maximum absolute atomic E-state index is 13.8. The van der Waals surface area contributed by atoms with Crippen LogP contribution in [-0.2, 0) is 24.4 Å². The quantitative estimate of drug-likeness (QED) is 0.576. The van der Waals surface area contributed by atoms with Gasteiger partial charge in [0.2, 0.25) is 27.7 Å². The number of rotatable bonds is 5. The number of ether oxygens (including phenoxy) is 1. The number of carbonyl (C=O) groups excluding carboxylic acids is 3. The second kappa shape index (κ2) is 10.9. The molecule has 0 saturated carbocycles. The van der Waals surface area contributed by atoms with Gasteiger partial charge in [-0.05, 0) is 49.6 Å². The maximum atomic E-state index is 13.8. The zero-order valence-electron chi connectivity index (χ0n) is 21.5. The molecule has 2 N–H and O–H groups in total. The Morgan fingerprint density at radius 1 is 0.974 bits per heavy atom. The second-order valence-electron chi connectivity index (χ2n) is 10.1. The standard InChI is InChI=1S/C27H31FN4O6S/c1-17(33)29-23-16-31(39(36,37)20-9-6-18(28)7-10-20)14-12-19-8-11-24(32(19)27(23)35)26(34)30-22-13-15-38-25-5-3-2-4-21(22)25/h2-7,9-10,19,22-24H,8,11-16H2,1H3,(H,29,33)(H,30,34)/t19-,22-,23+,24+/m1/s1. The zero-order valence-corrected chi connectivity index (χ0v) is 22.3. The predicted molar refractivity (Wildman–Crippen MR) is 138 cm³/mol. The van der Waals surface area contributed by atoms with E-state index in [0.717, 1.165) is 22.0 Å². The summed E-state index contributed by atoms with van der Waals surface area (Å²) in [6, 6.07) is 9.42. The highest BCUT2D eigenvalue weighted by Crippen LogP contribution is 2.34. The van der Waals surface area contributed by atoms with Crippen LogP contribution in [0.3, 0.4) is 0 Å². The first-order valence-corrected chi connectivity index (χ1v) is 14.5. The van der Waals surface area contributed by atoms with Gasteiger partial charge in [-0.3, -0.25) is 14.4 Å². The molecule has 0 unspecified atom stereocenters. The lowest BCUT2D eigenvalue weighted by Gasteiger charge is -2.38. The number of para-hydroxylation sites is 1. The van der Waals surface area contributed by atoms with E-state index in [1.165, 1.54) is 24.0 Å². The van der Waals surface area contributed by atoms with Crippen LogP contribution < -0.4 is 15.4 Å². The molecule has 0 bridgehead atoms. The molecule has 3 amide bonds. The third-order valence-electron chi connectivity index (χ3n) is 7.56. The topological polar surface area (TPSA) is 125 Å². The lowest BCUT2D eigenvalue weighted by atomic mass is 10.00. The molecule has 12 heteroatoms. The molecule has 0 aliphatic carbocycles. The molecular weight excluding hydrogens is 527 g/mol. The third-order valence-corrected chi connectivity index (χ3v) is 9.44. The highest BCUT2D eigenvalue weighted by atomic mass is 32.2. The molecule has 10 nitrogen and oxygen atoms in total. The number of amides is 3. The zero-order chi connectivity index (χ0) is 27.7. The summed E-state index contributed by atoms with van der Waals surface area (Å²) in [4.78, 5) is 40.8. The van der Waals surface area contributed by atoms with Gasteiger partial charge >= 0.3 is 0 Å². The lowest BCUT2D eigenvalue weighted by molar-refractivity contribution is -0.144. The molecule has 2 fully saturated rings. The summed E-state index contributed by atoms with van der Waals surface area (Å²) in [6.07, 6.45) is 1.86. The molecular formula is C27H31FN4O6S. The Balaban J connectivity index is 1.38. The molecule has 2 aromatic carbocycles. The van der Waals surface area contributed by atoms with Crippen LogP contribution in [0.4, 0.5) is 4.39 Å². The van der Waals surface area contributed by atoms with E-state index in [9.17, 15) is 27.2 Å². The molecule has 0 aromatic heterocycles. The number of carbonyl (C=O) groups is 3. The van der Waals surface area contributed by atoms with E-state index in [0.29, 0.717) is 38.0 Å². The Morgan fingerprint density at radius 2 is 1.72 bits per heavy atom. The van der Waals surface area contributed by atoms with Crippen molar-refractivity contribution in [3.8, 4) is 5.75 Å². The van der Waals surface area contributed by atoms with E-state index in [1.807, 2.05) is 24.3 Å². The minimum atomic E-state index is -4.06. The van der Waals surface area contributed by atoms with Gasteiger partial charge in [0.1, 0.15) is 23.7 Å². The van der Waals surface area contributed by atoms with Gasteiger partial charge in [-0.25, -0.2) is 12.8 Å². The van der Waals surface area contributed by atoms with Crippen molar-refractivity contribution < 1.29 is 31.9 Å². The molecule has 2 aromatic rings. The van der Waals surface area contributed by atoms with Crippen LogP contribution in [-0.4, -0.2) is 73.2 Å². The Morgan fingerprint density at radius 3 is 2.46 bits per heavy atom. The number of hydrogen-bond donors (Lipinski definition) is 2. The first kappa shape index (κ1) is 27.1. The van der Waals surface area contributed by atoms with E-state index in [2.05, 4.69) is 10.6 Å². The van der Waals surface area contributed by atoms with E-state index in [4.69, 9.17) is 4.74 Å². The summed E-state index contributed by atoms with van der Waals surface area (Å²) in [7, 11) is -4.06. The number of benzene rings is 2. The molecule has 3 aliphatic heterocycles. The molecule has 208 valence electrons. The first-order chi connectivity index (χ1) is 18.6. The number of sulfonamides is 1. The molecule has 3 heterocycles. The molecule has 4 atom stereocenters. The van der Waals surface area contributed by atoms with Crippen LogP contribution >= 0.6 is 0 Å². The van der Waals surface area contributed by atoms with Gasteiger partial charge < -0.3 is 20.3 Å². The van der Waals surface area contributed by atoms with Crippen molar-refractivity contribution >= 4 is 27.7 Å². The molecule has 3 aliphatic rings. The summed E-state index contributed by atoms with van der Waals surface area (Å²) in [5.41, 5.74) is 0.878. The predicted octanol–water partition coefficient (Wildman–Crippen LogP) is 1.72. The van der Waals surface area contributed by atoms with Crippen LogP contribution in [0.2, 0.25) is 0 Å². The van der Waals surface area contributed by atoms with E-state index in [-0.39, 0.29) is 36.0 Å². The first-order valence-electron chi connectivity index (χ1n) is 13.0. The molecule has 0 spiro atoms. The Kier molecular flexibility index (Phi) is 7.59. The van der Waals surface area contributed by atoms with Crippen molar-refractivity contribution in [3.63, 3.8) is 0 Å². The Hall–Kier alpha value is -3.51. The van der Waals surface area contributed by atoms with Crippen LogP contribution in [0.25, 0.3) is 0 Å². The van der Waals surface area contributed by atoms with Crippen molar-refractivity contribution in [2.24, 2.45) is 0 Å². The lowest BCUT2D eigenvalue weighted by Crippen LogP contribution is -2.61. The van der Waals surface area contributed by atoms with Crippen molar-refractivity contribution in [2.45, 2.75) is 61.7 Å². The van der Waals surface area contributed by atoms with E-state index < -0.39 is 39.7 Å². The maximum Gasteiger partial charge on any atom is 0.247 e. The smallest absolute Gasteiger partial charge is 0.247 e. The number of fused-ring (bicyclic) bond motifs is 2. The van der Waals surface area contributed by atoms with Crippen LogP contribution in [0.1, 0.15) is 44.2 Å². The fraction of sp³-hybridized carbons (Fsp3) is 0.444. The average molecular weight is 559 g/mol. The van der Waals surface area contributed by atoms with E-state index in [1.54, 1.807) is 0 Å². The number of halogens is 1. The van der Waals surface area contributed by atoms with Gasteiger partial charge in [-0.15, -0.1) is 0 Å². The largest absolute Gasteiger partial charge is 0.493 e. The van der Waals surface area contributed by atoms with Gasteiger partial charge in [0, 0.05) is 38.0 Å². The van der Waals surface area contributed by atoms with E-state index >= 15 is 0 Å². The van der Waals surface area contributed by atoms with Crippen molar-refractivity contribution in [1.82, 2.24) is 19.8 Å². The minimum absolute atomic E-state index is 0.0753. The van der Waals surface area contributed by atoms with Crippen molar-refractivity contribution in [3.05, 3.63) is 59.9 Å². The van der Waals surface area contributed by atoms with Gasteiger partial charge in [-0.1, -0.05) is 18.2 Å². The minimum Gasteiger partial charge on any atom is -0.493 e. The number of nitrogens with one attached hydrogen (secondary N) is 2. The number of nitrogens with zero attached hydrogens (tertiary/aromatic N) is 2. The molecule has 0 radical (unpaired) electrons. The fourth-order valence-electron chi connectivity index (χ4n) is 5.69. The monoisotopic (exact) mass is 558 g/mol. The van der Waals surface area contributed by atoms with Crippen molar-refractivity contribution in [2.75, 3.05) is 19.7 Å². The SMILES string of the molecule is CC(=O)N[C@H]1CN(S(=O)(=O)c2ccc(F)cc2)CC[C@H]2CC[C@@H](C(=O)N[C@@H]3CCOc4ccccc43)N2C1=O. The molecule has 5 rings (SSSR count). The van der Waals surface area contributed by atoms with Crippen molar-refractivity contribution in [1.29, 1.82) is 0 Å². The summed E-state index contributed by atoms with van der Waals surface area (Å²) in [6.45, 7) is 1.48. The van der Waals surface area contributed by atoms with Crippen LogP contribution in [0.15, 0.2) is 53.4 Å². The van der Waals surface area contributed by atoms with Crippen LogP contribution in [0.5, 0.6) is 5.75 Å². The van der Waals surface area contributed by atoms with Gasteiger partial charge in [-0.2, -0.15) is 4.31 Å².